The van der Waals surface area contributed by atoms with Crippen LogP contribution in [0.2, 0.25) is 0 Å². The number of nitrogens with zero attached hydrogens (tertiary/aromatic N) is 1. The molecule has 0 radical (unpaired) electrons. The molecule has 5 heteroatoms. The van der Waals surface area contributed by atoms with Gasteiger partial charge in [0, 0.05) is 6.20 Å². The van der Waals surface area contributed by atoms with Crippen molar-refractivity contribution < 1.29 is 9.18 Å². The van der Waals surface area contributed by atoms with Crippen molar-refractivity contribution in [2.45, 2.75) is 0 Å². The normalized spacial score (nSPS) is 9.33. The van der Waals surface area contributed by atoms with Gasteiger partial charge >= 0.3 is 0 Å². The Morgan fingerprint density at radius 2 is 2.47 bits per heavy atom. The number of rotatable bonds is 4. The third-order valence-electron chi connectivity index (χ3n) is 1.56. The van der Waals surface area contributed by atoms with E-state index in [1.54, 1.807) is 0 Å². The van der Waals surface area contributed by atoms with E-state index in [1.165, 1.54) is 12.3 Å². The molecule has 78 valence electrons. The van der Waals surface area contributed by atoms with Gasteiger partial charge in [0.2, 0.25) is 5.91 Å². The highest BCUT2D eigenvalue weighted by molar-refractivity contribution is 5.92. The fraction of sp³-hybridized carbons (Fsp3) is 0.200. The zero-order valence-corrected chi connectivity index (χ0v) is 7.96. The molecule has 0 aliphatic carbocycles. The molecule has 0 bridgehead atoms. The minimum absolute atomic E-state index is 0.0476. The van der Waals surface area contributed by atoms with Crippen LogP contribution in [0.15, 0.2) is 18.5 Å². The summed E-state index contributed by atoms with van der Waals surface area (Å²) in [5, 5.41) is 5.07. The lowest BCUT2D eigenvalue weighted by molar-refractivity contribution is -0.115. The minimum Gasteiger partial charge on any atom is -0.322 e. The van der Waals surface area contributed by atoms with Crippen LogP contribution >= 0.6 is 0 Å². The lowest BCUT2D eigenvalue weighted by Crippen LogP contribution is -2.28. The van der Waals surface area contributed by atoms with Gasteiger partial charge in [-0.15, -0.1) is 6.42 Å². The summed E-state index contributed by atoms with van der Waals surface area (Å²) in [6.45, 7) is 0.345. The van der Waals surface area contributed by atoms with E-state index in [2.05, 4.69) is 21.5 Å². The van der Waals surface area contributed by atoms with E-state index in [1.807, 2.05) is 0 Å². The van der Waals surface area contributed by atoms with Gasteiger partial charge in [-0.3, -0.25) is 15.1 Å². The number of hydrogen-bond acceptors (Lipinski definition) is 3. The molecular formula is C10H10FN3O. The summed E-state index contributed by atoms with van der Waals surface area (Å²) in [5.41, 5.74) is 0.109. The van der Waals surface area contributed by atoms with E-state index in [9.17, 15) is 9.18 Å². The smallest absolute Gasteiger partial charge is 0.238 e. The highest BCUT2D eigenvalue weighted by Gasteiger charge is 2.05. The number of carbonyl (C=O) groups is 1. The van der Waals surface area contributed by atoms with Crippen LogP contribution in [-0.4, -0.2) is 24.0 Å². The molecule has 0 saturated carbocycles. The summed E-state index contributed by atoms with van der Waals surface area (Å²) in [6.07, 6.45) is 7.41. The van der Waals surface area contributed by atoms with Gasteiger partial charge in [-0.1, -0.05) is 5.92 Å². The van der Waals surface area contributed by atoms with Gasteiger partial charge in [0.15, 0.2) is 5.82 Å². The number of anilines is 1. The van der Waals surface area contributed by atoms with Crippen LogP contribution in [0.3, 0.4) is 0 Å². The van der Waals surface area contributed by atoms with E-state index < -0.39 is 5.82 Å². The molecule has 0 aliphatic heterocycles. The number of aromatic nitrogens is 1. The maximum Gasteiger partial charge on any atom is 0.238 e. The predicted molar refractivity (Wildman–Crippen MR) is 54.5 cm³/mol. The molecule has 0 unspecified atom stereocenters. The maximum absolute atomic E-state index is 13.0. The van der Waals surface area contributed by atoms with Gasteiger partial charge in [0.05, 0.1) is 25.0 Å². The Balaban J connectivity index is 2.45. The average molecular weight is 207 g/mol. The Morgan fingerprint density at radius 1 is 1.67 bits per heavy atom. The summed E-state index contributed by atoms with van der Waals surface area (Å²) in [5.74, 6) is 1.40. The lowest BCUT2D eigenvalue weighted by Gasteiger charge is -2.05. The molecular weight excluding hydrogens is 197 g/mol. The topological polar surface area (TPSA) is 54.0 Å². The van der Waals surface area contributed by atoms with Crippen LogP contribution in [0, 0.1) is 18.2 Å². The quantitative estimate of drug-likeness (QED) is 0.554. The van der Waals surface area contributed by atoms with Crippen LogP contribution in [0.5, 0.6) is 0 Å². The third kappa shape index (κ3) is 3.75. The molecule has 2 N–H and O–H groups in total. The number of terminal acetylenes is 1. The summed E-state index contributed by atoms with van der Waals surface area (Å²) in [6, 6.07) is 1.38. The number of hydrogen-bond donors (Lipinski definition) is 2. The molecule has 0 aliphatic rings. The first-order chi connectivity index (χ1) is 7.24. The molecule has 15 heavy (non-hydrogen) atoms. The SMILES string of the molecule is C#CCNCC(=O)Nc1ccncc1F. The van der Waals surface area contributed by atoms with Crippen molar-refractivity contribution in [3.05, 3.63) is 24.3 Å². The van der Waals surface area contributed by atoms with E-state index in [-0.39, 0.29) is 18.1 Å². The molecule has 1 rings (SSSR count). The first-order valence-electron chi connectivity index (χ1n) is 4.27. The zero-order chi connectivity index (χ0) is 11.1. The second-order valence-electron chi connectivity index (χ2n) is 2.71. The van der Waals surface area contributed by atoms with Gasteiger partial charge in [-0.25, -0.2) is 4.39 Å². The van der Waals surface area contributed by atoms with Crippen molar-refractivity contribution in [3.8, 4) is 12.3 Å². The van der Waals surface area contributed by atoms with Crippen molar-refractivity contribution in [1.29, 1.82) is 0 Å². The highest BCUT2D eigenvalue weighted by Crippen LogP contribution is 2.09. The Hall–Kier alpha value is -1.93. The van der Waals surface area contributed by atoms with Crippen LogP contribution in [0.4, 0.5) is 10.1 Å². The van der Waals surface area contributed by atoms with Gasteiger partial charge in [0.25, 0.3) is 0 Å². The fourth-order valence-electron chi connectivity index (χ4n) is 0.919. The fourth-order valence-corrected chi connectivity index (χ4v) is 0.919. The molecule has 1 aromatic rings. The summed E-state index contributed by atoms with van der Waals surface area (Å²) >= 11 is 0. The molecule has 0 saturated heterocycles. The molecule has 4 nitrogen and oxygen atoms in total. The molecule has 1 amide bonds. The zero-order valence-electron chi connectivity index (χ0n) is 7.96. The van der Waals surface area contributed by atoms with Gasteiger partial charge in [-0.2, -0.15) is 0 Å². The number of pyridine rings is 1. The molecule has 0 aromatic carbocycles. The van der Waals surface area contributed by atoms with Crippen LogP contribution in [-0.2, 0) is 4.79 Å². The lowest BCUT2D eigenvalue weighted by atomic mass is 10.4. The second kappa shape index (κ2) is 5.73. The largest absolute Gasteiger partial charge is 0.322 e. The molecule has 0 fully saturated rings. The third-order valence-corrected chi connectivity index (χ3v) is 1.56. The maximum atomic E-state index is 13.0. The van der Waals surface area contributed by atoms with E-state index in [4.69, 9.17) is 6.42 Å². The Bertz CT molecular complexity index is 386. The molecule has 0 atom stereocenters. The molecule has 1 heterocycles. The summed E-state index contributed by atoms with van der Waals surface area (Å²) in [7, 11) is 0. The number of halogens is 1. The molecule has 0 spiro atoms. The average Bonchev–Trinajstić information content (AvgIpc) is 2.22. The highest BCUT2D eigenvalue weighted by atomic mass is 19.1. The van der Waals surface area contributed by atoms with E-state index in [0.29, 0.717) is 6.54 Å². The van der Waals surface area contributed by atoms with Crippen molar-refractivity contribution in [1.82, 2.24) is 10.3 Å². The summed E-state index contributed by atoms with van der Waals surface area (Å²) < 4.78 is 13.0. The van der Waals surface area contributed by atoms with Crippen LogP contribution in [0.25, 0.3) is 0 Å². The number of carbonyl (C=O) groups excluding carboxylic acids is 1. The van der Waals surface area contributed by atoms with Crippen LogP contribution < -0.4 is 10.6 Å². The van der Waals surface area contributed by atoms with Gasteiger partial charge < -0.3 is 5.32 Å². The number of nitrogens with one attached hydrogen (secondary N) is 2. The van der Waals surface area contributed by atoms with Gasteiger partial charge in [0.1, 0.15) is 0 Å². The first kappa shape index (κ1) is 11.1. The second-order valence-corrected chi connectivity index (χ2v) is 2.71. The Morgan fingerprint density at radius 3 is 3.13 bits per heavy atom. The van der Waals surface area contributed by atoms with Crippen molar-refractivity contribution >= 4 is 11.6 Å². The predicted octanol–water partition coefficient (Wildman–Crippen LogP) is 0.382. The van der Waals surface area contributed by atoms with Gasteiger partial charge in [-0.05, 0) is 6.07 Å². The summed E-state index contributed by atoms with van der Waals surface area (Å²) in [4.78, 5) is 14.8. The molecule has 1 aromatic heterocycles. The van der Waals surface area contributed by atoms with Crippen molar-refractivity contribution in [3.63, 3.8) is 0 Å². The van der Waals surface area contributed by atoms with Crippen molar-refractivity contribution in [2.24, 2.45) is 0 Å². The van der Waals surface area contributed by atoms with E-state index >= 15 is 0 Å². The Labute approximate surface area is 86.9 Å². The standard InChI is InChI=1S/C10H10FN3O/c1-2-4-12-7-10(15)14-9-3-5-13-6-8(9)11/h1,3,5-6,12H,4,7H2,(H,13,14,15). The van der Waals surface area contributed by atoms with Crippen LogP contribution in [0.1, 0.15) is 0 Å². The Kier molecular flexibility index (Phi) is 4.26. The minimum atomic E-state index is -0.567. The number of amides is 1. The first-order valence-corrected chi connectivity index (χ1v) is 4.27. The monoisotopic (exact) mass is 207 g/mol. The van der Waals surface area contributed by atoms with Crippen molar-refractivity contribution in [2.75, 3.05) is 18.4 Å². The van der Waals surface area contributed by atoms with E-state index in [0.717, 1.165) is 6.20 Å².